The zero-order valence-corrected chi connectivity index (χ0v) is 17.5. The Bertz CT molecular complexity index is 1040. The van der Waals surface area contributed by atoms with E-state index in [2.05, 4.69) is 5.32 Å². The minimum atomic E-state index is -1.12. The zero-order chi connectivity index (χ0) is 21.5. The molecule has 3 aromatic rings. The maximum Gasteiger partial charge on any atom is 0.311 e. The van der Waals surface area contributed by atoms with E-state index in [9.17, 15) is 9.59 Å². The number of carbonyl (C=O) groups excluding carboxylic acids is 2. The van der Waals surface area contributed by atoms with Crippen molar-refractivity contribution < 1.29 is 19.1 Å². The summed E-state index contributed by atoms with van der Waals surface area (Å²) in [4.78, 5) is 25.7. The fourth-order valence-electron chi connectivity index (χ4n) is 2.99. The molecule has 30 heavy (non-hydrogen) atoms. The zero-order valence-electron chi connectivity index (χ0n) is 16.7. The lowest BCUT2D eigenvalue weighted by atomic mass is 10.1. The van der Waals surface area contributed by atoms with Crippen LogP contribution in [-0.2, 0) is 20.7 Å². The van der Waals surface area contributed by atoms with Crippen LogP contribution in [-0.4, -0.2) is 19.0 Å². The topological polar surface area (TPSA) is 64.6 Å². The number of anilines is 1. The largest absolute Gasteiger partial charge is 0.495 e. The van der Waals surface area contributed by atoms with Crippen LogP contribution in [0.15, 0.2) is 72.8 Å². The standard InChI is InChI=1S/C24H22ClNO4/c1-16-12-13-21(29-2)20(14-16)26-24(28)23(17-8-4-3-5-9-17)30-22(27)15-18-10-6-7-11-19(18)25/h3-14,23H,15H2,1-2H3,(H,26,28). The number of benzene rings is 3. The normalized spacial score (nSPS) is 11.4. The Morgan fingerprint density at radius 3 is 2.40 bits per heavy atom. The molecular formula is C24H22ClNO4. The molecule has 6 heteroatoms. The predicted octanol–water partition coefficient (Wildman–Crippen LogP) is 5.12. The summed E-state index contributed by atoms with van der Waals surface area (Å²) in [7, 11) is 1.53. The number of hydrogen-bond acceptors (Lipinski definition) is 4. The summed E-state index contributed by atoms with van der Waals surface area (Å²) in [5.41, 5.74) is 2.66. The van der Waals surface area contributed by atoms with Gasteiger partial charge in [-0.1, -0.05) is 66.2 Å². The molecule has 0 fully saturated rings. The average molecular weight is 424 g/mol. The highest BCUT2D eigenvalue weighted by Crippen LogP contribution is 2.28. The lowest BCUT2D eigenvalue weighted by Crippen LogP contribution is -2.26. The number of methoxy groups -OCH3 is 1. The van der Waals surface area contributed by atoms with Crippen molar-refractivity contribution in [2.45, 2.75) is 19.4 Å². The molecule has 1 amide bonds. The minimum Gasteiger partial charge on any atom is -0.495 e. The van der Waals surface area contributed by atoms with E-state index >= 15 is 0 Å². The molecule has 5 nitrogen and oxygen atoms in total. The number of halogens is 1. The predicted molar refractivity (Wildman–Crippen MR) is 117 cm³/mol. The van der Waals surface area contributed by atoms with E-state index in [1.54, 1.807) is 60.7 Å². The third kappa shape index (κ3) is 5.39. The highest BCUT2D eigenvalue weighted by atomic mass is 35.5. The molecule has 0 aliphatic heterocycles. The Balaban J connectivity index is 1.82. The molecule has 3 rings (SSSR count). The Morgan fingerprint density at radius 1 is 1.00 bits per heavy atom. The maximum absolute atomic E-state index is 13.1. The van der Waals surface area contributed by atoms with Gasteiger partial charge in [-0.25, -0.2) is 0 Å². The first-order valence-electron chi connectivity index (χ1n) is 9.41. The Morgan fingerprint density at radius 2 is 1.70 bits per heavy atom. The van der Waals surface area contributed by atoms with Crippen LogP contribution in [0.5, 0.6) is 5.75 Å². The van der Waals surface area contributed by atoms with Crippen LogP contribution in [0.4, 0.5) is 5.69 Å². The van der Waals surface area contributed by atoms with Gasteiger partial charge in [-0.15, -0.1) is 0 Å². The van der Waals surface area contributed by atoms with Gasteiger partial charge in [0.25, 0.3) is 5.91 Å². The lowest BCUT2D eigenvalue weighted by molar-refractivity contribution is -0.154. The summed E-state index contributed by atoms with van der Waals surface area (Å²) in [6.07, 6.45) is -1.16. The van der Waals surface area contributed by atoms with Crippen LogP contribution in [0.2, 0.25) is 5.02 Å². The fourth-order valence-corrected chi connectivity index (χ4v) is 3.19. The maximum atomic E-state index is 13.1. The van der Waals surface area contributed by atoms with Crippen LogP contribution in [0.1, 0.15) is 22.8 Å². The fraction of sp³-hybridized carbons (Fsp3) is 0.167. The number of hydrogen-bond donors (Lipinski definition) is 1. The number of ether oxygens (including phenoxy) is 2. The molecule has 0 saturated carbocycles. The van der Waals surface area contributed by atoms with E-state index in [-0.39, 0.29) is 6.42 Å². The van der Waals surface area contributed by atoms with Crippen molar-refractivity contribution in [2.24, 2.45) is 0 Å². The first-order chi connectivity index (χ1) is 14.5. The van der Waals surface area contributed by atoms with Crippen molar-refractivity contribution in [3.8, 4) is 5.75 Å². The smallest absolute Gasteiger partial charge is 0.311 e. The highest BCUT2D eigenvalue weighted by Gasteiger charge is 2.26. The monoisotopic (exact) mass is 423 g/mol. The average Bonchev–Trinajstić information content (AvgIpc) is 2.74. The van der Waals surface area contributed by atoms with Gasteiger partial charge in [0.2, 0.25) is 6.10 Å². The first kappa shape index (κ1) is 21.4. The summed E-state index contributed by atoms with van der Waals surface area (Å²) in [5.74, 6) is -0.510. The minimum absolute atomic E-state index is 0.0376. The number of nitrogens with one attached hydrogen (secondary N) is 1. The van der Waals surface area contributed by atoms with Crippen LogP contribution in [0.3, 0.4) is 0 Å². The number of aryl methyl sites for hydroxylation is 1. The van der Waals surface area contributed by atoms with E-state index < -0.39 is 18.0 Å². The third-order valence-electron chi connectivity index (χ3n) is 4.50. The molecule has 0 aliphatic carbocycles. The summed E-state index contributed by atoms with van der Waals surface area (Å²) in [6.45, 7) is 1.91. The molecule has 1 unspecified atom stereocenters. The van der Waals surface area contributed by atoms with Crippen molar-refractivity contribution >= 4 is 29.2 Å². The molecule has 1 atom stereocenters. The van der Waals surface area contributed by atoms with Gasteiger partial charge < -0.3 is 14.8 Å². The third-order valence-corrected chi connectivity index (χ3v) is 4.86. The van der Waals surface area contributed by atoms with Crippen molar-refractivity contribution in [3.63, 3.8) is 0 Å². The van der Waals surface area contributed by atoms with Crippen LogP contribution in [0.25, 0.3) is 0 Å². The summed E-state index contributed by atoms with van der Waals surface area (Å²) in [6, 6.07) is 21.3. The second kappa shape index (κ2) is 9.94. The van der Waals surface area contributed by atoms with Gasteiger partial charge in [0, 0.05) is 10.6 Å². The second-order valence-corrected chi connectivity index (χ2v) is 7.15. The van der Waals surface area contributed by atoms with Gasteiger partial charge in [0.15, 0.2) is 0 Å². The van der Waals surface area contributed by atoms with Gasteiger partial charge in [-0.3, -0.25) is 9.59 Å². The lowest BCUT2D eigenvalue weighted by Gasteiger charge is -2.19. The molecule has 0 radical (unpaired) electrons. The molecule has 0 spiro atoms. The molecule has 154 valence electrons. The van der Waals surface area contributed by atoms with Crippen LogP contribution in [0, 0.1) is 6.92 Å². The number of rotatable bonds is 7. The molecule has 0 aliphatic rings. The molecule has 3 aromatic carbocycles. The number of carbonyl (C=O) groups is 2. The first-order valence-corrected chi connectivity index (χ1v) is 9.79. The van der Waals surface area contributed by atoms with Crippen LogP contribution < -0.4 is 10.1 Å². The van der Waals surface area contributed by atoms with E-state index in [0.29, 0.717) is 27.6 Å². The molecule has 0 heterocycles. The Labute approximate surface area is 180 Å². The van der Waals surface area contributed by atoms with E-state index in [0.717, 1.165) is 5.56 Å². The van der Waals surface area contributed by atoms with E-state index in [1.807, 2.05) is 19.1 Å². The summed E-state index contributed by atoms with van der Waals surface area (Å²) >= 11 is 6.14. The van der Waals surface area contributed by atoms with Gasteiger partial charge >= 0.3 is 5.97 Å². The van der Waals surface area contributed by atoms with Crippen molar-refractivity contribution in [1.82, 2.24) is 0 Å². The van der Waals surface area contributed by atoms with E-state index in [4.69, 9.17) is 21.1 Å². The van der Waals surface area contributed by atoms with Gasteiger partial charge in [0.05, 0.1) is 19.2 Å². The van der Waals surface area contributed by atoms with Gasteiger partial charge in [-0.2, -0.15) is 0 Å². The van der Waals surface area contributed by atoms with Crippen molar-refractivity contribution in [2.75, 3.05) is 12.4 Å². The Kier molecular flexibility index (Phi) is 7.09. The van der Waals surface area contributed by atoms with Crippen molar-refractivity contribution in [1.29, 1.82) is 0 Å². The molecule has 0 bridgehead atoms. The SMILES string of the molecule is COc1ccc(C)cc1NC(=O)C(OC(=O)Cc1ccccc1Cl)c1ccccc1. The Hall–Kier alpha value is -3.31. The molecule has 0 saturated heterocycles. The van der Waals surface area contributed by atoms with Gasteiger partial charge in [0.1, 0.15) is 5.75 Å². The summed E-state index contributed by atoms with van der Waals surface area (Å²) < 4.78 is 10.9. The number of amides is 1. The van der Waals surface area contributed by atoms with Crippen LogP contribution >= 0.6 is 11.6 Å². The molecule has 1 N–H and O–H groups in total. The quantitative estimate of drug-likeness (QED) is 0.535. The highest BCUT2D eigenvalue weighted by molar-refractivity contribution is 6.31. The van der Waals surface area contributed by atoms with Gasteiger partial charge in [-0.05, 0) is 36.2 Å². The summed E-state index contributed by atoms with van der Waals surface area (Å²) in [5, 5.41) is 3.29. The second-order valence-electron chi connectivity index (χ2n) is 6.74. The van der Waals surface area contributed by atoms with E-state index in [1.165, 1.54) is 7.11 Å². The molecule has 0 aromatic heterocycles. The number of esters is 1. The molecular weight excluding hydrogens is 402 g/mol. The van der Waals surface area contributed by atoms with Crippen molar-refractivity contribution in [3.05, 3.63) is 94.5 Å².